The van der Waals surface area contributed by atoms with Crippen LogP contribution in [0.4, 0.5) is 4.79 Å². The van der Waals surface area contributed by atoms with Crippen LogP contribution in [0.2, 0.25) is 0 Å². The van der Waals surface area contributed by atoms with E-state index in [0.717, 1.165) is 31.3 Å². The topological polar surface area (TPSA) is 38.3 Å². The number of hydrogen-bond acceptors (Lipinski definition) is 2. The molecule has 0 heterocycles. The summed E-state index contributed by atoms with van der Waals surface area (Å²) in [5.74, 6) is 0.619. The van der Waals surface area contributed by atoms with Gasteiger partial charge in [-0.3, -0.25) is 0 Å². The zero-order chi connectivity index (χ0) is 14.5. The van der Waals surface area contributed by atoms with Crippen LogP contribution in [0.3, 0.4) is 0 Å². The number of carbonyl (C=O) groups excluding carboxylic acids is 1. The number of nitrogens with one attached hydrogen (secondary N) is 1. The maximum Gasteiger partial charge on any atom is 0.407 e. The molecule has 0 unspecified atom stereocenters. The van der Waals surface area contributed by atoms with E-state index in [1.807, 2.05) is 27.7 Å². The summed E-state index contributed by atoms with van der Waals surface area (Å²) >= 11 is 0. The Morgan fingerprint density at radius 3 is 2.32 bits per heavy atom. The van der Waals surface area contributed by atoms with Gasteiger partial charge in [0.05, 0.1) is 0 Å². The summed E-state index contributed by atoms with van der Waals surface area (Å²) in [7, 11) is 0. The molecule has 1 aliphatic carbocycles. The van der Waals surface area contributed by atoms with Crippen molar-refractivity contribution in [3.05, 3.63) is 24.3 Å². The molecule has 3 heteroatoms. The van der Waals surface area contributed by atoms with Crippen molar-refractivity contribution >= 4 is 6.09 Å². The molecule has 0 radical (unpaired) electrons. The highest BCUT2D eigenvalue weighted by Crippen LogP contribution is 2.25. The summed E-state index contributed by atoms with van der Waals surface area (Å²) in [6, 6.07) is 0.254. The summed E-state index contributed by atoms with van der Waals surface area (Å²) in [5, 5.41) is 2.96. The molecule has 1 fully saturated rings. The van der Waals surface area contributed by atoms with Crippen LogP contribution in [0.25, 0.3) is 0 Å². The molecule has 0 aromatic carbocycles. The highest BCUT2D eigenvalue weighted by molar-refractivity contribution is 5.68. The molecule has 0 bridgehead atoms. The Morgan fingerprint density at radius 2 is 1.84 bits per heavy atom. The lowest BCUT2D eigenvalue weighted by Crippen LogP contribution is -2.40. The summed E-state index contributed by atoms with van der Waals surface area (Å²) in [5.41, 5.74) is 0.667. The van der Waals surface area contributed by atoms with Crippen molar-refractivity contribution in [2.75, 3.05) is 0 Å². The monoisotopic (exact) mass is 265 g/mol. The number of ether oxygens (including phenoxy) is 1. The van der Waals surface area contributed by atoms with Crippen molar-refractivity contribution in [1.82, 2.24) is 5.32 Å². The molecule has 108 valence electrons. The lowest BCUT2D eigenvalue weighted by Gasteiger charge is -2.28. The molecule has 0 saturated heterocycles. The Labute approximate surface area is 117 Å². The van der Waals surface area contributed by atoms with Crippen molar-refractivity contribution in [3.63, 3.8) is 0 Å². The molecule has 19 heavy (non-hydrogen) atoms. The Kier molecular flexibility index (Phi) is 5.64. The first-order chi connectivity index (χ1) is 8.76. The van der Waals surface area contributed by atoms with Gasteiger partial charge in [-0.25, -0.2) is 4.79 Å². The van der Waals surface area contributed by atoms with Gasteiger partial charge >= 0.3 is 6.09 Å². The normalized spacial score (nSPS) is 24.2. The fraction of sp³-hybridized carbons (Fsp3) is 0.688. The van der Waals surface area contributed by atoms with Gasteiger partial charge < -0.3 is 10.1 Å². The molecular weight excluding hydrogens is 238 g/mol. The predicted molar refractivity (Wildman–Crippen MR) is 79.1 cm³/mol. The molecular formula is C16H27NO2. The standard InChI is InChI=1S/C16H27NO2/c1-12(2)6-7-13-8-10-14(11-9-13)17-15(18)19-16(3,4)5/h6-7,13-14H,1,8-11H2,2-5H3,(H,17,18). The molecule has 0 atom stereocenters. The molecule has 1 amide bonds. The Morgan fingerprint density at radius 1 is 1.26 bits per heavy atom. The summed E-state index contributed by atoms with van der Waals surface area (Å²) in [4.78, 5) is 11.7. The van der Waals surface area contributed by atoms with E-state index < -0.39 is 5.60 Å². The number of amides is 1. The van der Waals surface area contributed by atoms with E-state index >= 15 is 0 Å². The lowest BCUT2D eigenvalue weighted by molar-refractivity contribution is 0.0490. The molecule has 1 rings (SSSR count). The van der Waals surface area contributed by atoms with Crippen molar-refractivity contribution in [2.24, 2.45) is 5.92 Å². The highest BCUT2D eigenvalue weighted by Gasteiger charge is 2.23. The lowest BCUT2D eigenvalue weighted by atomic mass is 9.85. The van der Waals surface area contributed by atoms with E-state index in [4.69, 9.17) is 4.74 Å². The van der Waals surface area contributed by atoms with Crippen molar-refractivity contribution < 1.29 is 9.53 Å². The van der Waals surface area contributed by atoms with Gasteiger partial charge in [-0.05, 0) is 59.3 Å². The van der Waals surface area contributed by atoms with Crippen LogP contribution in [0, 0.1) is 5.92 Å². The second-order valence-electron chi connectivity index (χ2n) is 6.46. The van der Waals surface area contributed by atoms with Gasteiger partial charge in [0.2, 0.25) is 0 Å². The molecule has 1 N–H and O–H groups in total. The largest absolute Gasteiger partial charge is 0.444 e. The molecule has 3 nitrogen and oxygen atoms in total. The van der Waals surface area contributed by atoms with Gasteiger partial charge in [0.25, 0.3) is 0 Å². The minimum absolute atomic E-state index is 0.254. The quantitative estimate of drug-likeness (QED) is 0.777. The first-order valence-electron chi connectivity index (χ1n) is 7.09. The van der Waals surface area contributed by atoms with Crippen LogP contribution in [-0.4, -0.2) is 17.7 Å². The average molecular weight is 265 g/mol. The van der Waals surface area contributed by atoms with Gasteiger partial charge in [0.1, 0.15) is 5.60 Å². The molecule has 1 saturated carbocycles. The van der Waals surface area contributed by atoms with Crippen LogP contribution in [-0.2, 0) is 4.74 Å². The van der Waals surface area contributed by atoms with E-state index in [9.17, 15) is 4.79 Å². The van der Waals surface area contributed by atoms with E-state index in [2.05, 4.69) is 24.0 Å². The van der Waals surface area contributed by atoms with Crippen molar-refractivity contribution in [1.29, 1.82) is 0 Å². The summed E-state index contributed by atoms with van der Waals surface area (Å²) in [6.45, 7) is 11.5. The van der Waals surface area contributed by atoms with Crippen LogP contribution < -0.4 is 5.32 Å². The highest BCUT2D eigenvalue weighted by atomic mass is 16.6. The van der Waals surface area contributed by atoms with Gasteiger partial charge in [-0.2, -0.15) is 0 Å². The van der Waals surface area contributed by atoms with E-state index in [-0.39, 0.29) is 12.1 Å². The third kappa shape index (κ3) is 7.04. The van der Waals surface area contributed by atoms with Gasteiger partial charge in [-0.15, -0.1) is 0 Å². The molecule has 0 aromatic rings. The van der Waals surface area contributed by atoms with E-state index in [1.54, 1.807) is 0 Å². The molecule has 0 aromatic heterocycles. The smallest absolute Gasteiger partial charge is 0.407 e. The molecule has 0 aliphatic heterocycles. The van der Waals surface area contributed by atoms with Gasteiger partial charge in [-0.1, -0.05) is 24.3 Å². The fourth-order valence-corrected chi connectivity index (χ4v) is 2.23. The first kappa shape index (κ1) is 15.8. The Balaban J connectivity index is 2.30. The van der Waals surface area contributed by atoms with Crippen molar-refractivity contribution in [3.8, 4) is 0 Å². The first-order valence-corrected chi connectivity index (χ1v) is 7.09. The number of allylic oxidation sites excluding steroid dienone is 3. The Bertz CT molecular complexity index is 344. The maximum atomic E-state index is 11.7. The Hall–Kier alpha value is -1.25. The van der Waals surface area contributed by atoms with Crippen LogP contribution in [0.5, 0.6) is 0 Å². The zero-order valence-electron chi connectivity index (χ0n) is 12.7. The number of carbonyl (C=O) groups is 1. The van der Waals surface area contributed by atoms with Crippen molar-refractivity contribution in [2.45, 2.75) is 65.0 Å². The number of alkyl carbamates (subject to hydrolysis) is 1. The van der Waals surface area contributed by atoms with Gasteiger partial charge in [0.15, 0.2) is 0 Å². The third-order valence-corrected chi connectivity index (χ3v) is 3.15. The molecule has 0 spiro atoms. The van der Waals surface area contributed by atoms with E-state index in [0.29, 0.717) is 5.92 Å². The van der Waals surface area contributed by atoms with Crippen LogP contribution in [0.15, 0.2) is 24.3 Å². The fourth-order valence-electron chi connectivity index (χ4n) is 2.23. The minimum atomic E-state index is -0.425. The predicted octanol–water partition coefficient (Wildman–Crippen LogP) is 4.20. The third-order valence-electron chi connectivity index (χ3n) is 3.15. The average Bonchev–Trinajstić information content (AvgIpc) is 2.25. The minimum Gasteiger partial charge on any atom is -0.444 e. The number of rotatable bonds is 3. The zero-order valence-corrected chi connectivity index (χ0v) is 12.7. The SMILES string of the molecule is C=C(C)C=CC1CCC(NC(=O)OC(C)(C)C)CC1. The maximum absolute atomic E-state index is 11.7. The number of hydrogen-bond donors (Lipinski definition) is 1. The summed E-state index contributed by atoms with van der Waals surface area (Å²) < 4.78 is 5.27. The van der Waals surface area contributed by atoms with Gasteiger partial charge in [0, 0.05) is 6.04 Å². The second kappa shape index (κ2) is 6.78. The second-order valence-corrected chi connectivity index (χ2v) is 6.46. The van der Waals surface area contributed by atoms with Crippen LogP contribution in [0.1, 0.15) is 53.4 Å². The summed E-state index contributed by atoms with van der Waals surface area (Å²) in [6.07, 6.45) is 8.30. The van der Waals surface area contributed by atoms with Crippen LogP contribution >= 0.6 is 0 Å². The molecule has 1 aliphatic rings. The van der Waals surface area contributed by atoms with E-state index in [1.165, 1.54) is 0 Å².